The van der Waals surface area contributed by atoms with Crippen LogP contribution < -0.4 is 4.74 Å². The van der Waals surface area contributed by atoms with Gasteiger partial charge in [-0.2, -0.15) is 0 Å². The van der Waals surface area contributed by atoms with Crippen molar-refractivity contribution >= 4 is 23.2 Å². The van der Waals surface area contributed by atoms with Crippen LogP contribution in [0.25, 0.3) is 0 Å². The van der Waals surface area contributed by atoms with E-state index in [1.54, 1.807) is 18.2 Å². The molecule has 0 spiro atoms. The quantitative estimate of drug-likeness (QED) is 0.776. The molecule has 19 heavy (non-hydrogen) atoms. The number of pyridine rings is 1. The Labute approximate surface area is 122 Å². The third kappa shape index (κ3) is 4.17. The summed E-state index contributed by atoms with van der Waals surface area (Å²) in [5, 5.41) is 1.09. The maximum Gasteiger partial charge on any atom is 0.149 e. The number of halogens is 2. The van der Waals surface area contributed by atoms with Gasteiger partial charge in [0.2, 0.25) is 0 Å². The van der Waals surface area contributed by atoms with Crippen LogP contribution in [0.3, 0.4) is 0 Å². The minimum Gasteiger partial charge on any atom is -0.479 e. The number of nitrogens with zero attached hydrogens (tertiary/aromatic N) is 1. The molecular weight excluding hydrogens is 281 g/mol. The molecule has 4 heteroatoms. The lowest BCUT2D eigenvalue weighted by molar-refractivity contribution is 0.370. The summed E-state index contributed by atoms with van der Waals surface area (Å²) in [6.45, 7) is 2.16. The number of hydrogen-bond donors (Lipinski definition) is 0. The first-order valence-electron chi connectivity index (χ1n) is 5.65. The van der Waals surface area contributed by atoms with Gasteiger partial charge >= 0.3 is 0 Å². The molecule has 1 heterocycles. The summed E-state index contributed by atoms with van der Waals surface area (Å²) in [7, 11) is 0. The zero-order valence-corrected chi connectivity index (χ0v) is 11.8. The lowest BCUT2D eigenvalue weighted by Gasteiger charge is -2.04. The predicted molar refractivity (Wildman–Crippen MR) is 77.8 cm³/mol. The van der Waals surface area contributed by atoms with Crippen molar-refractivity contribution in [2.75, 3.05) is 6.61 Å². The van der Waals surface area contributed by atoms with Crippen molar-refractivity contribution in [1.82, 2.24) is 4.98 Å². The molecule has 0 amide bonds. The molecule has 0 saturated heterocycles. The van der Waals surface area contributed by atoms with Gasteiger partial charge in [0.1, 0.15) is 18.1 Å². The molecule has 0 aliphatic rings. The molecule has 96 valence electrons. The molecule has 0 N–H and O–H groups in total. The van der Waals surface area contributed by atoms with Crippen LogP contribution in [0.1, 0.15) is 11.4 Å². The van der Waals surface area contributed by atoms with Crippen molar-refractivity contribution in [3.05, 3.63) is 57.8 Å². The molecule has 0 aliphatic heterocycles. The summed E-state index contributed by atoms with van der Waals surface area (Å²) in [4.78, 5) is 4.27. The Morgan fingerprint density at radius 1 is 1.21 bits per heavy atom. The van der Waals surface area contributed by atoms with Gasteiger partial charge in [0.05, 0.1) is 5.02 Å². The Kier molecular flexibility index (Phi) is 4.68. The Balaban J connectivity index is 1.99. The van der Waals surface area contributed by atoms with E-state index in [2.05, 4.69) is 16.8 Å². The Morgan fingerprint density at radius 3 is 2.84 bits per heavy atom. The van der Waals surface area contributed by atoms with Gasteiger partial charge in [-0.3, -0.25) is 0 Å². The minimum atomic E-state index is 0.232. The highest BCUT2D eigenvalue weighted by Crippen LogP contribution is 2.27. The van der Waals surface area contributed by atoms with Gasteiger partial charge < -0.3 is 4.74 Å². The largest absolute Gasteiger partial charge is 0.479 e. The fraction of sp³-hybridized carbons (Fsp3) is 0.133. The summed E-state index contributed by atoms with van der Waals surface area (Å²) < 4.78 is 5.45. The summed E-state index contributed by atoms with van der Waals surface area (Å²) in [5.74, 6) is 6.34. The van der Waals surface area contributed by atoms with Crippen LogP contribution in [0.4, 0.5) is 0 Å². The maximum atomic E-state index is 5.97. The summed E-state index contributed by atoms with van der Waals surface area (Å²) in [5.41, 5.74) is 1.66. The Hall–Kier alpha value is -1.69. The number of aryl methyl sites for hydroxylation is 1. The van der Waals surface area contributed by atoms with Crippen molar-refractivity contribution in [1.29, 1.82) is 0 Å². The van der Waals surface area contributed by atoms with Crippen LogP contribution in [0, 0.1) is 18.8 Å². The fourth-order valence-corrected chi connectivity index (χ4v) is 1.78. The van der Waals surface area contributed by atoms with Gasteiger partial charge in [0, 0.05) is 16.8 Å². The minimum absolute atomic E-state index is 0.232. The van der Waals surface area contributed by atoms with Gasteiger partial charge in [-0.25, -0.2) is 4.98 Å². The molecule has 0 unspecified atom stereocenters. The lowest BCUT2D eigenvalue weighted by atomic mass is 10.3. The van der Waals surface area contributed by atoms with Crippen LogP contribution in [-0.2, 0) is 0 Å². The third-order valence-corrected chi connectivity index (χ3v) is 2.85. The van der Waals surface area contributed by atoms with E-state index in [1.165, 1.54) is 0 Å². The van der Waals surface area contributed by atoms with Crippen molar-refractivity contribution in [2.45, 2.75) is 6.92 Å². The zero-order valence-electron chi connectivity index (χ0n) is 10.3. The average Bonchev–Trinajstić information content (AvgIpc) is 2.39. The second kappa shape index (κ2) is 6.47. The summed E-state index contributed by atoms with van der Waals surface area (Å²) in [6.07, 6.45) is 0. The van der Waals surface area contributed by atoms with Crippen LogP contribution in [-0.4, -0.2) is 11.6 Å². The molecule has 2 nitrogen and oxygen atoms in total. The number of hydrogen-bond acceptors (Lipinski definition) is 2. The fourth-order valence-electron chi connectivity index (χ4n) is 1.44. The van der Waals surface area contributed by atoms with E-state index < -0.39 is 0 Å². The number of aromatic nitrogens is 1. The Bertz CT molecular complexity index is 644. The molecule has 0 saturated carbocycles. The van der Waals surface area contributed by atoms with E-state index in [0.29, 0.717) is 15.8 Å². The first kappa shape index (κ1) is 13.7. The normalized spacial score (nSPS) is 9.63. The van der Waals surface area contributed by atoms with Crippen molar-refractivity contribution in [3.63, 3.8) is 0 Å². The van der Waals surface area contributed by atoms with Crippen molar-refractivity contribution in [2.24, 2.45) is 0 Å². The van der Waals surface area contributed by atoms with Crippen LogP contribution in [0.15, 0.2) is 36.4 Å². The Morgan fingerprint density at radius 2 is 2.05 bits per heavy atom. The molecule has 0 fully saturated rings. The van der Waals surface area contributed by atoms with E-state index in [0.717, 1.165) is 11.4 Å². The molecule has 0 atom stereocenters. The first-order chi connectivity index (χ1) is 9.15. The first-order valence-corrected chi connectivity index (χ1v) is 6.41. The maximum absolute atomic E-state index is 5.97. The van der Waals surface area contributed by atoms with E-state index >= 15 is 0 Å². The molecule has 0 radical (unpaired) electrons. The van der Waals surface area contributed by atoms with Crippen LogP contribution in [0.2, 0.25) is 10.0 Å². The summed E-state index contributed by atoms with van der Waals surface area (Å²) in [6, 6.07) is 10.8. The smallest absolute Gasteiger partial charge is 0.149 e. The lowest BCUT2D eigenvalue weighted by Crippen LogP contribution is -1.95. The van der Waals surface area contributed by atoms with Crippen LogP contribution in [0.5, 0.6) is 5.75 Å². The predicted octanol–water partition coefficient (Wildman–Crippen LogP) is 4.13. The summed E-state index contributed by atoms with van der Waals surface area (Å²) >= 11 is 11.8. The molecular formula is C15H11Cl2NO. The third-order valence-electron chi connectivity index (χ3n) is 2.30. The van der Waals surface area contributed by atoms with E-state index in [4.69, 9.17) is 27.9 Å². The number of ether oxygens (including phenoxy) is 1. The monoisotopic (exact) mass is 291 g/mol. The zero-order chi connectivity index (χ0) is 13.7. The van der Waals surface area contributed by atoms with Gasteiger partial charge in [-0.1, -0.05) is 35.2 Å². The number of benzene rings is 1. The van der Waals surface area contributed by atoms with E-state index in [9.17, 15) is 0 Å². The molecule has 2 aromatic rings. The topological polar surface area (TPSA) is 22.1 Å². The van der Waals surface area contributed by atoms with Gasteiger partial charge in [0.25, 0.3) is 0 Å². The highest BCUT2D eigenvalue weighted by atomic mass is 35.5. The molecule has 1 aromatic heterocycles. The molecule has 0 bridgehead atoms. The SMILES string of the molecule is Cc1cccc(C#CCOc2cc(Cl)ccc2Cl)n1. The average molecular weight is 292 g/mol. The highest BCUT2D eigenvalue weighted by Gasteiger charge is 2.00. The standard InChI is InChI=1S/C15H11Cl2NO/c1-11-4-2-5-13(18-11)6-3-9-19-15-10-12(16)7-8-14(15)17/h2,4-5,7-8,10H,9H2,1H3. The second-order valence-corrected chi connectivity index (χ2v) is 4.67. The van der Waals surface area contributed by atoms with Crippen molar-refractivity contribution < 1.29 is 4.74 Å². The second-order valence-electron chi connectivity index (χ2n) is 3.83. The van der Waals surface area contributed by atoms with Crippen molar-refractivity contribution in [3.8, 4) is 17.6 Å². The highest BCUT2D eigenvalue weighted by molar-refractivity contribution is 6.34. The van der Waals surface area contributed by atoms with E-state index in [1.807, 2.05) is 25.1 Å². The molecule has 2 rings (SSSR count). The number of rotatable bonds is 2. The van der Waals surface area contributed by atoms with Crippen LogP contribution >= 0.6 is 23.2 Å². The van der Waals surface area contributed by atoms with Gasteiger partial charge in [-0.15, -0.1) is 0 Å². The van der Waals surface area contributed by atoms with E-state index in [-0.39, 0.29) is 6.61 Å². The van der Waals surface area contributed by atoms with Gasteiger partial charge in [0.15, 0.2) is 0 Å². The van der Waals surface area contributed by atoms with Gasteiger partial charge in [-0.05, 0) is 37.1 Å². The molecule has 0 aliphatic carbocycles. The molecule has 1 aromatic carbocycles.